The maximum absolute atomic E-state index is 6.67. The van der Waals surface area contributed by atoms with Crippen molar-refractivity contribution in [1.29, 1.82) is 0 Å². The molecule has 2 heteroatoms. The van der Waals surface area contributed by atoms with Crippen molar-refractivity contribution in [1.82, 2.24) is 0 Å². The molecule has 0 bridgehead atoms. The third kappa shape index (κ3) is 6.00. The highest BCUT2D eigenvalue weighted by Crippen LogP contribution is 2.42. The van der Waals surface area contributed by atoms with E-state index in [9.17, 15) is 0 Å². The van der Waals surface area contributed by atoms with Crippen LogP contribution in [0.3, 0.4) is 0 Å². The molecule has 0 amide bonds. The molecule has 0 spiro atoms. The van der Waals surface area contributed by atoms with Crippen molar-refractivity contribution >= 4 is 60.5 Å². The molecule has 1 aromatic heterocycles. The summed E-state index contributed by atoms with van der Waals surface area (Å²) in [6.07, 6.45) is 0. The lowest BCUT2D eigenvalue weighted by Crippen LogP contribution is -2.09. The minimum absolute atomic E-state index is 0.856. The first-order valence-corrected chi connectivity index (χ1v) is 19.8. The summed E-state index contributed by atoms with van der Waals surface area (Å²) in [5.41, 5.74) is 14.4. The van der Waals surface area contributed by atoms with Gasteiger partial charge in [0, 0.05) is 33.9 Å². The number of fused-ring (bicyclic) bond motifs is 6. The lowest BCUT2D eigenvalue weighted by atomic mass is 9.93. The van der Waals surface area contributed by atoms with Gasteiger partial charge >= 0.3 is 0 Å². The van der Waals surface area contributed by atoms with Crippen molar-refractivity contribution < 1.29 is 4.42 Å². The number of hydrogen-bond donors (Lipinski definition) is 0. The van der Waals surface area contributed by atoms with Crippen molar-refractivity contribution in [2.24, 2.45) is 0 Å². The Labute approximate surface area is 337 Å². The molecular weight excluding hydrogens is 703 g/mol. The van der Waals surface area contributed by atoms with E-state index in [2.05, 4.69) is 229 Å². The molecule has 0 N–H and O–H groups in total. The van der Waals surface area contributed by atoms with Gasteiger partial charge in [0.15, 0.2) is 0 Å². The van der Waals surface area contributed by atoms with Gasteiger partial charge in [-0.3, -0.25) is 0 Å². The Morgan fingerprint density at radius 2 is 0.690 bits per heavy atom. The molecule has 0 aliphatic rings. The van der Waals surface area contributed by atoms with E-state index in [0.717, 1.165) is 50.1 Å². The molecule has 58 heavy (non-hydrogen) atoms. The standard InChI is InChI=1S/C56H37NO/c1-3-11-38(12-4-1)40-19-21-42(22-20-40)44-27-33-52-53-34-32-48(37-56(53)58-55(52)36-44)57(46-28-23-41(24-29-46)39-13-5-2-6-14-39)47-30-25-43(26-31-47)54-35-45-15-7-8-16-49(45)50-17-9-10-18-51(50)54/h1-37H. The van der Waals surface area contributed by atoms with Crippen LogP contribution in [0.2, 0.25) is 0 Å². The monoisotopic (exact) mass is 739 g/mol. The van der Waals surface area contributed by atoms with Gasteiger partial charge in [-0.2, -0.15) is 0 Å². The van der Waals surface area contributed by atoms with Crippen molar-refractivity contribution in [3.05, 3.63) is 224 Å². The van der Waals surface area contributed by atoms with Crippen LogP contribution in [0.1, 0.15) is 0 Å². The number of hydrogen-bond acceptors (Lipinski definition) is 2. The second kappa shape index (κ2) is 14.1. The van der Waals surface area contributed by atoms with Gasteiger partial charge in [0.25, 0.3) is 0 Å². The van der Waals surface area contributed by atoms with Gasteiger partial charge in [-0.05, 0) is 121 Å². The summed E-state index contributed by atoms with van der Waals surface area (Å²) in [6, 6.07) is 80.5. The Kier molecular flexibility index (Phi) is 8.19. The summed E-state index contributed by atoms with van der Waals surface area (Å²) >= 11 is 0. The van der Waals surface area contributed by atoms with Crippen LogP contribution in [-0.4, -0.2) is 0 Å². The van der Waals surface area contributed by atoms with E-state index in [1.807, 2.05) is 0 Å². The van der Waals surface area contributed by atoms with Crippen LogP contribution in [0.25, 0.3) is 88.0 Å². The summed E-state index contributed by atoms with van der Waals surface area (Å²) in [5, 5.41) is 7.25. The number of anilines is 3. The van der Waals surface area contributed by atoms with Gasteiger partial charge in [0.1, 0.15) is 11.2 Å². The molecule has 0 aliphatic carbocycles. The summed E-state index contributed by atoms with van der Waals surface area (Å²) in [7, 11) is 0. The van der Waals surface area contributed by atoms with E-state index < -0.39 is 0 Å². The molecule has 11 aromatic rings. The highest BCUT2D eigenvalue weighted by molar-refractivity contribution is 6.14. The van der Waals surface area contributed by atoms with Gasteiger partial charge in [0.05, 0.1) is 0 Å². The molecule has 0 atom stereocenters. The fraction of sp³-hybridized carbons (Fsp3) is 0. The van der Waals surface area contributed by atoms with Gasteiger partial charge in [-0.15, -0.1) is 0 Å². The number of rotatable bonds is 7. The summed E-state index contributed by atoms with van der Waals surface area (Å²) in [6.45, 7) is 0. The summed E-state index contributed by atoms with van der Waals surface area (Å²) < 4.78 is 6.67. The molecule has 10 aromatic carbocycles. The highest BCUT2D eigenvalue weighted by atomic mass is 16.3. The third-order valence-electron chi connectivity index (χ3n) is 11.5. The van der Waals surface area contributed by atoms with E-state index in [1.165, 1.54) is 54.9 Å². The molecule has 0 saturated carbocycles. The Bertz CT molecular complexity index is 3240. The fourth-order valence-electron chi connectivity index (χ4n) is 8.53. The minimum atomic E-state index is 0.856. The quantitative estimate of drug-likeness (QED) is 0.151. The van der Waals surface area contributed by atoms with Crippen LogP contribution >= 0.6 is 0 Å². The average molecular weight is 740 g/mol. The molecule has 0 fully saturated rings. The van der Waals surface area contributed by atoms with Crippen molar-refractivity contribution in [3.63, 3.8) is 0 Å². The van der Waals surface area contributed by atoms with Crippen LogP contribution < -0.4 is 4.90 Å². The molecule has 272 valence electrons. The maximum Gasteiger partial charge on any atom is 0.137 e. The van der Waals surface area contributed by atoms with Crippen LogP contribution in [0.4, 0.5) is 17.1 Å². The Balaban J connectivity index is 0.987. The summed E-state index contributed by atoms with van der Waals surface area (Å²) in [5.74, 6) is 0. The van der Waals surface area contributed by atoms with Crippen LogP contribution in [0.5, 0.6) is 0 Å². The lowest BCUT2D eigenvalue weighted by molar-refractivity contribution is 0.669. The van der Waals surface area contributed by atoms with E-state index in [-0.39, 0.29) is 0 Å². The second-order valence-electron chi connectivity index (χ2n) is 14.9. The lowest BCUT2D eigenvalue weighted by Gasteiger charge is -2.26. The first-order chi connectivity index (χ1) is 28.7. The number of furan rings is 1. The van der Waals surface area contributed by atoms with E-state index >= 15 is 0 Å². The predicted octanol–water partition coefficient (Wildman–Crippen LogP) is 16.0. The van der Waals surface area contributed by atoms with E-state index in [1.54, 1.807) is 0 Å². The number of benzene rings is 10. The smallest absolute Gasteiger partial charge is 0.137 e. The van der Waals surface area contributed by atoms with Gasteiger partial charge in [-0.25, -0.2) is 0 Å². The molecule has 1 heterocycles. The van der Waals surface area contributed by atoms with Crippen molar-refractivity contribution in [2.45, 2.75) is 0 Å². The van der Waals surface area contributed by atoms with E-state index in [0.29, 0.717) is 0 Å². The Morgan fingerprint density at radius 1 is 0.259 bits per heavy atom. The Hall–Kier alpha value is -7.68. The Morgan fingerprint density at radius 3 is 1.33 bits per heavy atom. The largest absolute Gasteiger partial charge is 0.456 e. The van der Waals surface area contributed by atoms with Crippen molar-refractivity contribution in [2.75, 3.05) is 4.90 Å². The highest BCUT2D eigenvalue weighted by Gasteiger charge is 2.17. The first-order valence-electron chi connectivity index (χ1n) is 19.8. The summed E-state index contributed by atoms with van der Waals surface area (Å²) in [4.78, 5) is 2.32. The van der Waals surface area contributed by atoms with E-state index in [4.69, 9.17) is 4.42 Å². The molecule has 0 saturated heterocycles. The van der Waals surface area contributed by atoms with Crippen LogP contribution in [-0.2, 0) is 0 Å². The van der Waals surface area contributed by atoms with Crippen LogP contribution in [0.15, 0.2) is 229 Å². The zero-order valence-corrected chi connectivity index (χ0v) is 31.7. The average Bonchev–Trinajstić information content (AvgIpc) is 3.67. The molecule has 0 unspecified atom stereocenters. The normalized spacial score (nSPS) is 11.4. The molecule has 11 rings (SSSR count). The topological polar surface area (TPSA) is 16.4 Å². The first kappa shape index (κ1) is 33.6. The molecule has 2 nitrogen and oxygen atoms in total. The van der Waals surface area contributed by atoms with Crippen LogP contribution in [0, 0.1) is 0 Å². The maximum atomic E-state index is 6.67. The number of nitrogens with zero attached hydrogens (tertiary/aromatic N) is 1. The fourth-order valence-corrected chi connectivity index (χ4v) is 8.53. The molecule has 0 radical (unpaired) electrons. The van der Waals surface area contributed by atoms with Crippen molar-refractivity contribution in [3.8, 4) is 44.5 Å². The molecule has 0 aliphatic heterocycles. The third-order valence-corrected chi connectivity index (χ3v) is 11.5. The zero-order valence-electron chi connectivity index (χ0n) is 31.7. The molecular formula is C56H37NO. The second-order valence-corrected chi connectivity index (χ2v) is 14.9. The van der Waals surface area contributed by atoms with Gasteiger partial charge < -0.3 is 9.32 Å². The van der Waals surface area contributed by atoms with Gasteiger partial charge in [0.2, 0.25) is 0 Å². The minimum Gasteiger partial charge on any atom is -0.456 e. The SMILES string of the molecule is c1ccc(-c2ccc(-c3ccc4c(c3)oc3cc(N(c5ccc(-c6ccccc6)cc5)c5ccc(-c6cc7ccccc7c7ccccc67)cc5)ccc34)cc2)cc1. The predicted molar refractivity (Wildman–Crippen MR) is 245 cm³/mol. The zero-order chi connectivity index (χ0) is 38.4. The van der Waals surface area contributed by atoms with Gasteiger partial charge in [-0.1, -0.05) is 164 Å².